The van der Waals surface area contributed by atoms with E-state index in [2.05, 4.69) is 4.98 Å². The van der Waals surface area contributed by atoms with Crippen molar-refractivity contribution in [1.29, 1.82) is 0 Å². The second kappa shape index (κ2) is 4.74. The van der Waals surface area contributed by atoms with Crippen LogP contribution in [0.1, 0.15) is 33.1 Å². The van der Waals surface area contributed by atoms with E-state index in [0.717, 1.165) is 0 Å². The maximum atomic E-state index is 11.7. The zero-order valence-electron chi connectivity index (χ0n) is 9.34. The van der Waals surface area contributed by atoms with E-state index in [1.54, 1.807) is 37.4 Å². The van der Waals surface area contributed by atoms with Gasteiger partial charge in [0.2, 0.25) is 5.78 Å². The SMILES string of the molecule is Cc1ccc(C(=O)CC(=O)c2cccnc2)o1. The Labute approximate surface area is 98.3 Å². The summed E-state index contributed by atoms with van der Waals surface area (Å²) in [6.45, 7) is 1.75. The largest absolute Gasteiger partial charge is 0.458 e. The van der Waals surface area contributed by atoms with Crippen molar-refractivity contribution in [2.45, 2.75) is 13.3 Å². The summed E-state index contributed by atoms with van der Waals surface area (Å²) in [7, 11) is 0. The Morgan fingerprint density at radius 1 is 1.24 bits per heavy atom. The van der Waals surface area contributed by atoms with Crippen LogP contribution in [-0.2, 0) is 0 Å². The lowest BCUT2D eigenvalue weighted by molar-refractivity contribution is 0.0877. The molecule has 17 heavy (non-hydrogen) atoms. The molecule has 86 valence electrons. The van der Waals surface area contributed by atoms with Gasteiger partial charge in [-0.05, 0) is 31.2 Å². The number of Topliss-reactive ketones (excluding diaryl/α,β-unsaturated/α-hetero) is 2. The summed E-state index contributed by atoms with van der Waals surface area (Å²) >= 11 is 0. The van der Waals surface area contributed by atoms with Crippen LogP contribution in [0.4, 0.5) is 0 Å². The summed E-state index contributed by atoms with van der Waals surface area (Å²) in [5.74, 6) is 0.311. The van der Waals surface area contributed by atoms with Gasteiger partial charge in [0.15, 0.2) is 11.5 Å². The van der Waals surface area contributed by atoms with Crippen LogP contribution < -0.4 is 0 Å². The maximum absolute atomic E-state index is 11.7. The molecular weight excluding hydrogens is 218 g/mol. The van der Waals surface area contributed by atoms with E-state index in [1.165, 1.54) is 6.20 Å². The van der Waals surface area contributed by atoms with Crippen molar-refractivity contribution >= 4 is 11.6 Å². The van der Waals surface area contributed by atoms with Crippen LogP contribution in [-0.4, -0.2) is 16.6 Å². The number of rotatable bonds is 4. The van der Waals surface area contributed by atoms with Crippen LogP contribution in [0.15, 0.2) is 41.1 Å². The predicted octanol–water partition coefficient (Wildman–Crippen LogP) is 2.44. The molecule has 2 aromatic heterocycles. The minimum Gasteiger partial charge on any atom is -0.458 e. The zero-order valence-corrected chi connectivity index (χ0v) is 9.34. The third-order valence-electron chi connectivity index (χ3n) is 2.32. The standard InChI is InChI=1S/C13H11NO3/c1-9-4-5-13(17-9)12(16)7-11(15)10-3-2-6-14-8-10/h2-6,8H,7H2,1H3. The molecule has 0 aromatic carbocycles. The Balaban J connectivity index is 2.07. The summed E-state index contributed by atoms with van der Waals surface area (Å²) in [6.07, 6.45) is 2.83. The zero-order chi connectivity index (χ0) is 12.3. The van der Waals surface area contributed by atoms with Crippen LogP contribution in [0.3, 0.4) is 0 Å². The molecule has 2 heterocycles. The molecule has 4 heteroatoms. The van der Waals surface area contributed by atoms with E-state index >= 15 is 0 Å². The molecule has 2 aromatic rings. The van der Waals surface area contributed by atoms with Crippen LogP contribution >= 0.6 is 0 Å². The Bertz CT molecular complexity index is 543. The van der Waals surface area contributed by atoms with Crippen LogP contribution in [0, 0.1) is 6.92 Å². The lowest BCUT2D eigenvalue weighted by Gasteiger charge is -1.98. The van der Waals surface area contributed by atoms with Gasteiger partial charge < -0.3 is 4.42 Å². The fraction of sp³-hybridized carbons (Fsp3) is 0.154. The Kier molecular flexibility index (Phi) is 3.14. The first kappa shape index (κ1) is 11.3. The number of hydrogen-bond donors (Lipinski definition) is 0. The lowest BCUT2D eigenvalue weighted by atomic mass is 10.1. The average molecular weight is 229 g/mol. The maximum Gasteiger partial charge on any atom is 0.205 e. The third kappa shape index (κ3) is 2.66. The monoisotopic (exact) mass is 229 g/mol. The third-order valence-corrected chi connectivity index (χ3v) is 2.32. The van der Waals surface area contributed by atoms with Crippen molar-refractivity contribution in [1.82, 2.24) is 4.98 Å². The van der Waals surface area contributed by atoms with Crippen LogP contribution in [0.2, 0.25) is 0 Å². The number of aryl methyl sites for hydroxylation is 1. The molecule has 0 radical (unpaired) electrons. The first-order valence-electron chi connectivity index (χ1n) is 5.19. The highest BCUT2D eigenvalue weighted by Crippen LogP contribution is 2.11. The van der Waals surface area contributed by atoms with E-state index in [9.17, 15) is 9.59 Å². The number of ketones is 2. The van der Waals surface area contributed by atoms with E-state index < -0.39 is 0 Å². The van der Waals surface area contributed by atoms with Crippen molar-refractivity contribution in [3.8, 4) is 0 Å². The number of hydrogen-bond acceptors (Lipinski definition) is 4. The number of furan rings is 1. The van der Waals surface area contributed by atoms with Crippen molar-refractivity contribution < 1.29 is 14.0 Å². The highest BCUT2D eigenvalue weighted by Gasteiger charge is 2.16. The molecule has 0 spiro atoms. The average Bonchev–Trinajstić information content (AvgIpc) is 2.77. The van der Waals surface area contributed by atoms with Crippen LogP contribution in [0.5, 0.6) is 0 Å². The number of carbonyl (C=O) groups is 2. The number of nitrogens with zero attached hydrogens (tertiary/aromatic N) is 1. The molecular formula is C13H11NO3. The summed E-state index contributed by atoms with van der Waals surface area (Å²) in [4.78, 5) is 27.3. The Morgan fingerprint density at radius 2 is 2.06 bits per heavy atom. The van der Waals surface area contributed by atoms with Gasteiger partial charge in [0, 0.05) is 18.0 Å². The molecule has 0 unspecified atom stereocenters. The molecule has 0 bridgehead atoms. The van der Waals surface area contributed by atoms with E-state index in [0.29, 0.717) is 11.3 Å². The van der Waals surface area contributed by atoms with Crippen molar-refractivity contribution in [2.75, 3.05) is 0 Å². The Morgan fingerprint density at radius 3 is 2.65 bits per heavy atom. The van der Waals surface area contributed by atoms with Gasteiger partial charge in [-0.1, -0.05) is 0 Å². The Hall–Kier alpha value is -2.23. The van der Waals surface area contributed by atoms with Gasteiger partial charge in [-0.15, -0.1) is 0 Å². The first-order valence-corrected chi connectivity index (χ1v) is 5.19. The van der Waals surface area contributed by atoms with Gasteiger partial charge >= 0.3 is 0 Å². The molecule has 0 atom stereocenters. The summed E-state index contributed by atoms with van der Waals surface area (Å²) in [5.41, 5.74) is 0.434. The van der Waals surface area contributed by atoms with Crippen molar-refractivity contribution in [3.05, 3.63) is 53.7 Å². The van der Waals surface area contributed by atoms with Crippen LogP contribution in [0.25, 0.3) is 0 Å². The van der Waals surface area contributed by atoms with Crippen molar-refractivity contribution in [2.24, 2.45) is 0 Å². The smallest absolute Gasteiger partial charge is 0.205 e. The van der Waals surface area contributed by atoms with Crippen molar-refractivity contribution in [3.63, 3.8) is 0 Å². The number of carbonyl (C=O) groups excluding carboxylic acids is 2. The number of pyridine rings is 1. The normalized spacial score (nSPS) is 10.2. The van der Waals surface area contributed by atoms with Gasteiger partial charge in [0.05, 0.1) is 6.42 Å². The summed E-state index contributed by atoms with van der Waals surface area (Å²) in [6, 6.07) is 6.57. The molecule has 0 aliphatic carbocycles. The van der Waals surface area contributed by atoms with Gasteiger partial charge in [-0.3, -0.25) is 14.6 Å². The molecule has 0 aliphatic rings. The molecule has 4 nitrogen and oxygen atoms in total. The second-order valence-corrected chi connectivity index (χ2v) is 3.68. The van der Waals surface area contributed by atoms with E-state index in [1.807, 2.05) is 0 Å². The topological polar surface area (TPSA) is 60.2 Å². The molecule has 0 saturated heterocycles. The fourth-order valence-electron chi connectivity index (χ4n) is 1.45. The quantitative estimate of drug-likeness (QED) is 0.596. The van der Waals surface area contributed by atoms with Gasteiger partial charge in [-0.2, -0.15) is 0 Å². The minimum atomic E-state index is -0.313. The molecule has 0 fully saturated rings. The van der Waals surface area contributed by atoms with E-state index in [4.69, 9.17) is 4.42 Å². The molecule has 0 saturated carbocycles. The molecule has 2 rings (SSSR count). The van der Waals surface area contributed by atoms with Gasteiger partial charge in [0.1, 0.15) is 5.76 Å². The first-order chi connectivity index (χ1) is 8.16. The fourth-order valence-corrected chi connectivity index (χ4v) is 1.45. The summed E-state index contributed by atoms with van der Waals surface area (Å²) in [5, 5.41) is 0. The molecule has 0 aliphatic heterocycles. The predicted molar refractivity (Wildman–Crippen MR) is 61.0 cm³/mol. The summed E-state index contributed by atoms with van der Waals surface area (Å²) < 4.78 is 5.16. The lowest BCUT2D eigenvalue weighted by Crippen LogP contribution is -2.08. The van der Waals surface area contributed by atoms with E-state index in [-0.39, 0.29) is 23.7 Å². The minimum absolute atomic E-state index is 0.196. The highest BCUT2D eigenvalue weighted by molar-refractivity contribution is 6.12. The molecule has 0 amide bonds. The molecule has 0 N–H and O–H groups in total. The van der Waals surface area contributed by atoms with Gasteiger partial charge in [-0.25, -0.2) is 0 Å². The second-order valence-electron chi connectivity index (χ2n) is 3.68. The number of aromatic nitrogens is 1. The van der Waals surface area contributed by atoms with Gasteiger partial charge in [0.25, 0.3) is 0 Å². The highest BCUT2D eigenvalue weighted by atomic mass is 16.3.